The maximum Gasteiger partial charge on any atom is 0.236 e. The summed E-state index contributed by atoms with van der Waals surface area (Å²) in [5.74, 6) is 1.46. The SMILES string of the molecule is CC(C)(C)[SiH2]C1(C)C(c2ccccc2Cl)CN(Cc2cnc(NC(=O)C3(c4ccc5c(c4)OCO5)CC3)s2)C1(C)O. The summed E-state index contributed by atoms with van der Waals surface area (Å²) in [5, 5.41) is 16.4. The molecule has 3 aliphatic rings. The molecule has 2 fully saturated rings. The van der Waals surface area contributed by atoms with Gasteiger partial charge >= 0.3 is 0 Å². The number of likely N-dealkylation sites (tertiary alicyclic amines) is 1. The number of aliphatic hydroxyl groups is 1. The summed E-state index contributed by atoms with van der Waals surface area (Å²) in [6.07, 6.45) is 3.39. The van der Waals surface area contributed by atoms with Gasteiger partial charge in [-0.05, 0) is 54.1 Å². The number of nitrogens with zero attached hydrogens (tertiary/aromatic N) is 2. The van der Waals surface area contributed by atoms with Crippen LogP contribution in [0.15, 0.2) is 48.7 Å². The van der Waals surface area contributed by atoms with Gasteiger partial charge in [0.1, 0.15) is 5.72 Å². The minimum absolute atomic E-state index is 0.0482. The molecule has 3 atom stereocenters. The quantitative estimate of drug-likeness (QED) is 0.316. The molecular formula is C31H38ClN3O4SSi. The number of hydrogen-bond acceptors (Lipinski definition) is 7. The maximum atomic E-state index is 13.4. The van der Waals surface area contributed by atoms with E-state index < -0.39 is 20.7 Å². The van der Waals surface area contributed by atoms with Gasteiger partial charge in [0.2, 0.25) is 12.7 Å². The molecule has 3 heterocycles. The summed E-state index contributed by atoms with van der Waals surface area (Å²) in [6.45, 7) is 12.5. The minimum atomic E-state index is -1.03. The molecule has 6 rings (SSSR count). The monoisotopic (exact) mass is 611 g/mol. The summed E-state index contributed by atoms with van der Waals surface area (Å²) in [5.41, 5.74) is 0.456. The summed E-state index contributed by atoms with van der Waals surface area (Å²) < 4.78 is 11.0. The van der Waals surface area contributed by atoms with Gasteiger partial charge in [-0.3, -0.25) is 9.69 Å². The smallest absolute Gasteiger partial charge is 0.236 e. The van der Waals surface area contributed by atoms with Gasteiger partial charge < -0.3 is 19.9 Å². The van der Waals surface area contributed by atoms with Crippen LogP contribution in [0.25, 0.3) is 0 Å². The van der Waals surface area contributed by atoms with Crippen LogP contribution in [0, 0.1) is 0 Å². The fraction of sp³-hybridized carbons (Fsp3) is 0.484. The number of benzene rings is 2. The Labute approximate surface area is 253 Å². The van der Waals surface area contributed by atoms with Crippen LogP contribution >= 0.6 is 22.9 Å². The van der Waals surface area contributed by atoms with Gasteiger partial charge in [0.25, 0.3) is 0 Å². The third kappa shape index (κ3) is 5.10. The lowest BCUT2D eigenvalue weighted by Gasteiger charge is -2.46. The number of halogens is 1. The first-order valence-corrected chi connectivity index (χ1v) is 16.8. The van der Waals surface area contributed by atoms with Crippen LogP contribution in [-0.2, 0) is 16.8 Å². The largest absolute Gasteiger partial charge is 0.454 e. The van der Waals surface area contributed by atoms with Gasteiger partial charge in [-0.25, -0.2) is 4.98 Å². The van der Waals surface area contributed by atoms with E-state index in [-0.39, 0.29) is 28.7 Å². The number of ether oxygens (including phenoxy) is 2. The Morgan fingerprint density at radius 3 is 2.63 bits per heavy atom. The van der Waals surface area contributed by atoms with E-state index in [0.717, 1.165) is 33.9 Å². The van der Waals surface area contributed by atoms with Crippen molar-refractivity contribution in [2.45, 2.75) is 81.1 Å². The zero-order valence-corrected chi connectivity index (χ0v) is 27.3. The van der Waals surface area contributed by atoms with E-state index in [9.17, 15) is 9.90 Å². The number of nitrogens with one attached hydrogen (secondary N) is 1. The maximum absolute atomic E-state index is 13.4. The predicted molar refractivity (Wildman–Crippen MR) is 166 cm³/mol. The van der Waals surface area contributed by atoms with Gasteiger partial charge in [0.15, 0.2) is 16.6 Å². The number of anilines is 1. The standard InChI is InChI=1S/C31H38ClN3O4SSi/c1-28(2,3)41-29(4)22(21-8-6-7-9-23(21)32)17-35(30(29,5)37)16-20-15-33-27(40-20)34-26(36)31(12-13-31)19-10-11-24-25(14-19)39-18-38-24/h6-11,14-15,22,37H,12-13,16-18,41H2,1-5H3,(H,33,34,36). The number of fused-ring (bicyclic) bond motifs is 1. The lowest BCUT2D eigenvalue weighted by Crippen LogP contribution is -2.50. The molecule has 2 aliphatic heterocycles. The lowest BCUT2D eigenvalue weighted by molar-refractivity contribution is -0.118. The van der Waals surface area contributed by atoms with Crippen LogP contribution in [0.3, 0.4) is 0 Å². The van der Waals surface area contributed by atoms with E-state index in [1.165, 1.54) is 11.3 Å². The Morgan fingerprint density at radius 1 is 1.20 bits per heavy atom. The number of rotatable bonds is 7. The van der Waals surface area contributed by atoms with Crippen LogP contribution < -0.4 is 14.8 Å². The number of carbonyl (C=O) groups is 1. The van der Waals surface area contributed by atoms with Crippen molar-refractivity contribution >= 4 is 43.5 Å². The molecule has 3 unspecified atom stereocenters. The molecule has 218 valence electrons. The van der Waals surface area contributed by atoms with E-state index in [4.69, 9.17) is 21.1 Å². The lowest BCUT2D eigenvalue weighted by atomic mass is 9.84. The molecule has 2 aromatic carbocycles. The van der Waals surface area contributed by atoms with E-state index >= 15 is 0 Å². The Morgan fingerprint density at radius 2 is 1.93 bits per heavy atom. The first kappa shape index (κ1) is 28.7. The van der Waals surface area contributed by atoms with E-state index in [1.807, 2.05) is 49.5 Å². The summed E-state index contributed by atoms with van der Waals surface area (Å²) in [7, 11) is -0.787. The second-order valence-corrected chi connectivity index (χ2v) is 18.8. The highest BCUT2D eigenvalue weighted by molar-refractivity contribution is 7.15. The summed E-state index contributed by atoms with van der Waals surface area (Å²) in [6, 6.07) is 13.8. The minimum Gasteiger partial charge on any atom is -0.454 e. The Kier molecular flexibility index (Phi) is 7.06. The molecule has 0 spiro atoms. The van der Waals surface area contributed by atoms with Gasteiger partial charge in [0, 0.05) is 49.7 Å². The Balaban J connectivity index is 1.20. The molecule has 3 aromatic rings. The van der Waals surface area contributed by atoms with Crippen LogP contribution in [0.1, 0.15) is 69.4 Å². The summed E-state index contributed by atoms with van der Waals surface area (Å²) >= 11 is 8.19. The highest BCUT2D eigenvalue weighted by atomic mass is 35.5. The molecule has 7 nitrogen and oxygen atoms in total. The zero-order chi connectivity index (χ0) is 29.2. The van der Waals surface area contributed by atoms with Crippen molar-refractivity contribution in [2.24, 2.45) is 0 Å². The average Bonchev–Trinajstić information content (AvgIpc) is 3.30. The normalized spacial score (nSPS) is 27.0. The third-order valence-electron chi connectivity index (χ3n) is 9.28. The molecule has 1 saturated heterocycles. The molecule has 1 aromatic heterocycles. The molecule has 41 heavy (non-hydrogen) atoms. The van der Waals surface area contributed by atoms with Gasteiger partial charge in [0.05, 0.1) is 5.41 Å². The van der Waals surface area contributed by atoms with Crippen molar-refractivity contribution in [2.75, 3.05) is 18.7 Å². The van der Waals surface area contributed by atoms with Crippen molar-refractivity contribution in [1.29, 1.82) is 0 Å². The molecule has 1 aliphatic carbocycles. The van der Waals surface area contributed by atoms with Gasteiger partial charge in [-0.1, -0.05) is 63.6 Å². The van der Waals surface area contributed by atoms with E-state index in [2.05, 4.69) is 49.0 Å². The number of carbonyl (C=O) groups excluding carboxylic acids is 1. The zero-order valence-electron chi connectivity index (χ0n) is 24.3. The molecule has 1 saturated carbocycles. The van der Waals surface area contributed by atoms with Crippen molar-refractivity contribution < 1.29 is 19.4 Å². The van der Waals surface area contributed by atoms with Crippen LogP contribution in [0.4, 0.5) is 5.13 Å². The number of thiazole rings is 1. The topological polar surface area (TPSA) is 83.9 Å². The molecule has 10 heteroatoms. The molecule has 0 radical (unpaired) electrons. The Bertz CT molecular complexity index is 1480. The predicted octanol–water partition coefficient (Wildman–Crippen LogP) is 6.07. The molecule has 2 N–H and O–H groups in total. The number of aromatic nitrogens is 1. The second-order valence-electron chi connectivity index (χ2n) is 13.4. The molecule has 0 bridgehead atoms. The van der Waals surface area contributed by atoms with Crippen molar-refractivity contribution in [1.82, 2.24) is 9.88 Å². The summed E-state index contributed by atoms with van der Waals surface area (Å²) in [4.78, 5) is 21.1. The van der Waals surface area contributed by atoms with Gasteiger partial charge in [-0.15, -0.1) is 11.3 Å². The van der Waals surface area contributed by atoms with Crippen LogP contribution in [-0.4, -0.2) is 49.5 Å². The fourth-order valence-corrected chi connectivity index (χ4v) is 11.4. The van der Waals surface area contributed by atoms with Crippen LogP contribution in [0.2, 0.25) is 15.1 Å². The number of amides is 1. The van der Waals surface area contributed by atoms with E-state index in [0.29, 0.717) is 29.7 Å². The molecule has 1 amide bonds. The first-order valence-electron chi connectivity index (χ1n) is 14.2. The Hall–Kier alpha value is -2.43. The van der Waals surface area contributed by atoms with Crippen molar-refractivity contribution in [3.05, 3.63) is 69.7 Å². The molecular weight excluding hydrogens is 574 g/mol. The third-order valence-corrected chi connectivity index (χ3v) is 13.5. The fourth-order valence-electron chi connectivity index (χ4n) is 6.91. The van der Waals surface area contributed by atoms with Crippen molar-refractivity contribution in [3.8, 4) is 11.5 Å². The second kappa shape index (κ2) is 10.1. The highest BCUT2D eigenvalue weighted by Crippen LogP contribution is 2.61. The average molecular weight is 612 g/mol. The number of hydrogen-bond donors (Lipinski definition) is 2. The first-order chi connectivity index (χ1) is 19.3. The highest BCUT2D eigenvalue weighted by Gasteiger charge is 2.60. The van der Waals surface area contributed by atoms with Crippen molar-refractivity contribution in [3.63, 3.8) is 0 Å². The van der Waals surface area contributed by atoms with Crippen LogP contribution in [0.5, 0.6) is 11.5 Å². The van der Waals surface area contributed by atoms with Gasteiger partial charge in [-0.2, -0.15) is 0 Å². The van der Waals surface area contributed by atoms with E-state index in [1.54, 1.807) is 0 Å².